The quantitative estimate of drug-likeness (QED) is 0.301. The monoisotopic (exact) mass is 273 g/mol. The second kappa shape index (κ2) is 7.94. The second-order valence-corrected chi connectivity index (χ2v) is 7.45. The third-order valence-corrected chi connectivity index (χ3v) is 4.81. The fourth-order valence-electron chi connectivity index (χ4n) is 1.50. The lowest BCUT2D eigenvalue weighted by Gasteiger charge is -2.28. The van der Waals surface area contributed by atoms with Crippen molar-refractivity contribution in [2.45, 2.75) is 32.9 Å². The lowest BCUT2D eigenvalue weighted by Crippen LogP contribution is -2.37. The fraction of sp³-hybridized carbons (Fsp3) is 0.583. The zero-order valence-electron chi connectivity index (χ0n) is 11.5. The van der Waals surface area contributed by atoms with Crippen molar-refractivity contribution >= 4 is 14.5 Å². The van der Waals surface area contributed by atoms with Gasteiger partial charge in [0.05, 0.1) is 24.7 Å². The number of hydrogen-bond acceptors (Lipinski definition) is 5. The van der Waals surface area contributed by atoms with Gasteiger partial charge in [0.1, 0.15) is 0 Å². The molecule has 0 amide bonds. The van der Waals surface area contributed by atoms with E-state index in [-0.39, 0.29) is 6.54 Å². The van der Waals surface area contributed by atoms with Gasteiger partial charge in [-0.25, -0.2) is 0 Å². The normalized spacial score (nSPS) is 10.7. The molecule has 0 heterocycles. The number of carbonyl (C=O) groups is 1. The van der Waals surface area contributed by atoms with Crippen molar-refractivity contribution in [2.75, 3.05) is 13.2 Å². The van der Waals surface area contributed by atoms with Gasteiger partial charge in [0.2, 0.25) is 0 Å². The predicted octanol–water partition coefficient (Wildman–Crippen LogP) is 2.05. The molecule has 0 atom stereocenters. The number of carbonyl (C=O) groups excluding carboxylic acids is 1. The van der Waals surface area contributed by atoms with Gasteiger partial charge in [-0.15, -0.1) is 0 Å². The Balaban J connectivity index is 4.20. The second-order valence-electron chi connectivity index (χ2n) is 4.27. The van der Waals surface area contributed by atoms with Gasteiger partial charge >= 0.3 is 14.5 Å². The maximum atomic E-state index is 10.9. The number of esters is 1. The van der Waals surface area contributed by atoms with Crippen LogP contribution in [0.25, 0.3) is 0 Å². The molecule has 0 rings (SSSR count). The molecule has 0 aliphatic rings. The van der Waals surface area contributed by atoms with Crippen LogP contribution in [0.5, 0.6) is 0 Å². The molecule has 0 aromatic carbocycles. The highest BCUT2D eigenvalue weighted by Crippen LogP contribution is 2.21. The smallest absolute Gasteiger partial charge is 0.456 e. The minimum Gasteiger partial charge on any atom is -0.517 e. The maximum Gasteiger partial charge on any atom is 0.456 e. The Morgan fingerprint density at radius 1 is 1.22 bits per heavy atom. The Kier molecular flexibility index (Phi) is 7.38. The summed E-state index contributed by atoms with van der Waals surface area (Å²) in [6, 6.07) is 0.685. The van der Waals surface area contributed by atoms with Crippen LogP contribution in [0, 0.1) is 0 Å². The number of allylic oxidation sites excluding steroid dienone is 2. The minimum atomic E-state index is -2.38. The molecule has 0 unspecified atom stereocenters. The lowest BCUT2D eigenvalue weighted by atomic mass is 10.5. The summed E-state index contributed by atoms with van der Waals surface area (Å²) >= 11 is 0. The van der Waals surface area contributed by atoms with E-state index in [2.05, 4.69) is 13.2 Å². The Morgan fingerprint density at radius 2 is 1.72 bits per heavy atom. The highest BCUT2D eigenvalue weighted by atomic mass is 28.4. The van der Waals surface area contributed by atoms with Crippen molar-refractivity contribution in [2.24, 2.45) is 5.73 Å². The largest absolute Gasteiger partial charge is 0.517 e. The van der Waals surface area contributed by atoms with Crippen LogP contribution >= 0.6 is 0 Å². The van der Waals surface area contributed by atoms with E-state index in [1.165, 1.54) is 0 Å². The molecule has 0 aliphatic carbocycles. The van der Waals surface area contributed by atoms with Gasteiger partial charge in [-0.05, 0) is 20.3 Å². The van der Waals surface area contributed by atoms with E-state index in [0.717, 1.165) is 0 Å². The Bertz CT molecular complexity index is 301. The SMILES string of the molecule is C=C(C)O[Si](C)(CCCOC(=O)CN)OC(=C)C. The van der Waals surface area contributed by atoms with Crippen LogP contribution < -0.4 is 5.73 Å². The van der Waals surface area contributed by atoms with E-state index in [1.807, 2.05) is 6.55 Å². The van der Waals surface area contributed by atoms with E-state index in [4.69, 9.17) is 19.3 Å². The van der Waals surface area contributed by atoms with Gasteiger partial charge in [0, 0.05) is 12.6 Å². The molecule has 5 nitrogen and oxygen atoms in total. The zero-order valence-corrected chi connectivity index (χ0v) is 12.5. The molecule has 0 bridgehead atoms. The van der Waals surface area contributed by atoms with Crippen LogP contribution in [-0.4, -0.2) is 27.7 Å². The number of nitrogens with two attached hydrogens (primary N) is 1. The Labute approximate surface area is 110 Å². The minimum absolute atomic E-state index is 0.0980. The third kappa shape index (κ3) is 7.91. The molecule has 0 aromatic heterocycles. The molecule has 2 N–H and O–H groups in total. The summed E-state index contributed by atoms with van der Waals surface area (Å²) in [7, 11) is -2.38. The number of rotatable bonds is 9. The van der Waals surface area contributed by atoms with Gasteiger partial charge < -0.3 is 19.3 Å². The standard InChI is InChI=1S/C12H23NO4Si/c1-10(2)16-18(5,17-11(3)4)8-6-7-15-12(14)9-13/h1,3,6-9,13H2,2,4-5H3. The highest BCUT2D eigenvalue weighted by Gasteiger charge is 2.35. The van der Waals surface area contributed by atoms with Gasteiger partial charge in [-0.1, -0.05) is 13.2 Å². The first kappa shape index (κ1) is 16.7. The summed E-state index contributed by atoms with van der Waals surface area (Å²) in [6.07, 6.45) is 0.662. The predicted molar refractivity (Wildman–Crippen MR) is 72.9 cm³/mol. The molecule has 0 fully saturated rings. The number of ether oxygens (including phenoxy) is 1. The van der Waals surface area contributed by atoms with Crippen molar-refractivity contribution in [3.63, 3.8) is 0 Å². The summed E-state index contributed by atoms with van der Waals surface area (Å²) in [6.45, 7) is 13.1. The van der Waals surface area contributed by atoms with Crippen LogP contribution in [0.2, 0.25) is 12.6 Å². The molecular formula is C12H23NO4Si. The molecule has 0 aromatic rings. The molecule has 0 spiro atoms. The van der Waals surface area contributed by atoms with E-state index in [0.29, 0.717) is 30.6 Å². The van der Waals surface area contributed by atoms with Crippen molar-refractivity contribution in [3.05, 3.63) is 24.7 Å². The lowest BCUT2D eigenvalue weighted by molar-refractivity contribution is -0.141. The van der Waals surface area contributed by atoms with Crippen LogP contribution in [-0.2, 0) is 18.4 Å². The van der Waals surface area contributed by atoms with Crippen molar-refractivity contribution in [3.8, 4) is 0 Å². The highest BCUT2D eigenvalue weighted by molar-refractivity contribution is 6.66. The summed E-state index contributed by atoms with van der Waals surface area (Å²) in [5.74, 6) is 0.828. The molecule has 0 radical (unpaired) electrons. The van der Waals surface area contributed by atoms with Crippen LogP contribution in [0.4, 0.5) is 0 Å². The van der Waals surface area contributed by atoms with Crippen LogP contribution in [0.3, 0.4) is 0 Å². The molecular weight excluding hydrogens is 250 g/mol. The molecule has 0 aliphatic heterocycles. The fourth-order valence-corrected chi connectivity index (χ4v) is 4.00. The molecule has 18 heavy (non-hydrogen) atoms. The van der Waals surface area contributed by atoms with Crippen molar-refractivity contribution in [1.82, 2.24) is 0 Å². The average Bonchev–Trinajstić information content (AvgIpc) is 2.21. The first-order valence-electron chi connectivity index (χ1n) is 5.84. The van der Waals surface area contributed by atoms with Crippen molar-refractivity contribution in [1.29, 1.82) is 0 Å². The summed E-state index contributed by atoms with van der Waals surface area (Å²) in [5.41, 5.74) is 5.13. The van der Waals surface area contributed by atoms with Gasteiger partial charge in [0.15, 0.2) is 0 Å². The first-order chi connectivity index (χ1) is 8.29. The van der Waals surface area contributed by atoms with E-state index in [1.54, 1.807) is 13.8 Å². The summed E-state index contributed by atoms with van der Waals surface area (Å²) < 4.78 is 16.3. The van der Waals surface area contributed by atoms with Crippen molar-refractivity contribution < 1.29 is 18.4 Å². The van der Waals surface area contributed by atoms with E-state index < -0.39 is 14.5 Å². The Hall–Kier alpha value is -1.27. The van der Waals surface area contributed by atoms with Crippen LogP contribution in [0.15, 0.2) is 24.7 Å². The van der Waals surface area contributed by atoms with Crippen LogP contribution in [0.1, 0.15) is 20.3 Å². The zero-order chi connectivity index (χ0) is 14.2. The molecule has 104 valence electrons. The van der Waals surface area contributed by atoms with E-state index >= 15 is 0 Å². The van der Waals surface area contributed by atoms with Gasteiger partial charge in [-0.2, -0.15) is 0 Å². The molecule has 6 heteroatoms. The third-order valence-electron chi connectivity index (χ3n) is 1.99. The Morgan fingerprint density at radius 3 is 2.11 bits per heavy atom. The molecule has 0 saturated heterocycles. The average molecular weight is 273 g/mol. The van der Waals surface area contributed by atoms with Gasteiger partial charge in [0.25, 0.3) is 0 Å². The topological polar surface area (TPSA) is 70.8 Å². The number of hydrogen-bond donors (Lipinski definition) is 1. The summed E-state index contributed by atoms with van der Waals surface area (Å²) in [5, 5.41) is 0. The first-order valence-corrected chi connectivity index (χ1v) is 8.36. The molecule has 0 saturated carbocycles. The van der Waals surface area contributed by atoms with Gasteiger partial charge in [-0.3, -0.25) is 4.79 Å². The van der Waals surface area contributed by atoms with E-state index in [9.17, 15) is 4.79 Å². The summed E-state index contributed by atoms with van der Waals surface area (Å²) in [4.78, 5) is 10.9. The maximum absolute atomic E-state index is 10.9.